The van der Waals surface area contributed by atoms with E-state index in [9.17, 15) is 0 Å². The van der Waals surface area contributed by atoms with Crippen LogP contribution in [0.15, 0.2) is 12.4 Å². The van der Waals surface area contributed by atoms with Crippen LogP contribution in [0.3, 0.4) is 0 Å². The van der Waals surface area contributed by atoms with E-state index in [1.54, 1.807) is 7.11 Å². The van der Waals surface area contributed by atoms with Gasteiger partial charge in [0.2, 0.25) is 0 Å². The topological polar surface area (TPSA) is 39.1 Å². The molecule has 0 spiro atoms. The van der Waals surface area contributed by atoms with Gasteiger partial charge >= 0.3 is 0 Å². The second-order valence-corrected chi connectivity index (χ2v) is 4.43. The van der Waals surface area contributed by atoms with Crippen LogP contribution in [0.4, 0.5) is 0 Å². The van der Waals surface area contributed by atoms with Crippen LogP contribution in [0.1, 0.15) is 38.7 Å². The van der Waals surface area contributed by atoms with E-state index in [4.69, 9.17) is 4.74 Å². The Morgan fingerprint density at radius 1 is 1.41 bits per heavy atom. The van der Waals surface area contributed by atoms with Crippen LogP contribution < -0.4 is 5.32 Å². The molecule has 0 aliphatic carbocycles. The summed E-state index contributed by atoms with van der Waals surface area (Å²) in [4.78, 5) is 0. The van der Waals surface area contributed by atoms with E-state index < -0.39 is 0 Å². The Morgan fingerprint density at radius 2 is 2.24 bits per heavy atom. The van der Waals surface area contributed by atoms with E-state index in [-0.39, 0.29) is 0 Å². The highest BCUT2D eigenvalue weighted by molar-refractivity contribution is 5.03. The third-order valence-electron chi connectivity index (χ3n) is 2.74. The van der Waals surface area contributed by atoms with Gasteiger partial charge in [-0.3, -0.25) is 4.68 Å². The molecule has 0 saturated heterocycles. The van der Waals surface area contributed by atoms with Crippen molar-refractivity contribution in [2.45, 2.75) is 52.2 Å². The maximum absolute atomic E-state index is 5.21. The van der Waals surface area contributed by atoms with Gasteiger partial charge in [-0.05, 0) is 12.8 Å². The average Bonchev–Trinajstić information content (AvgIpc) is 2.75. The van der Waals surface area contributed by atoms with E-state index in [1.807, 2.05) is 10.9 Å². The number of hydrogen-bond acceptors (Lipinski definition) is 3. The Morgan fingerprint density at radius 3 is 2.88 bits per heavy atom. The molecule has 0 radical (unpaired) electrons. The summed E-state index contributed by atoms with van der Waals surface area (Å²) in [6.07, 6.45) is 7.51. The molecule has 1 rings (SSSR count). The Balaban J connectivity index is 2.35. The molecule has 1 unspecified atom stereocenters. The minimum atomic E-state index is 0.444. The first-order valence-corrected chi connectivity index (χ1v) is 6.53. The summed E-state index contributed by atoms with van der Waals surface area (Å²) in [5.41, 5.74) is 1.25. The fourth-order valence-electron chi connectivity index (χ4n) is 1.91. The number of aromatic nitrogens is 2. The number of nitrogens with one attached hydrogen (secondary N) is 1. The quantitative estimate of drug-likeness (QED) is 0.718. The van der Waals surface area contributed by atoms with Crippen molar-refractivity contribution in [1.82, 2.24) is 15.1 Å². The average molecular weight is 239 g/mol. The summed E-state index contributed by atoms with van der Waals surface area (Å²) >= 11 is 0. The Hall–Kier alpha value is -0.870. The molecule has 0 aliphatic rings. The molecule has 4 nitrogen and oxygen atoms in total. The summed E-state index contributed by atoms with van der Waals surface area (Å²) in [7, 11) is 1.75. The van der Waals surface area contributed by atoms with E-state index in [0.717, 1.165) is 32.5 Å². The molecule has 0 aromatic carbocycles. The highest BCUT2D eigenvalue weighted by Gasteiger charge is 2.07. The largest absolute Gasteiger partial charge is 0.383 e. The van der Waals surface area contributed by atoms with Crippen LogP contribution >= 0.6 is 0 Å². The number of aryl methyl sites for hydroxylation is 1. The molecule has 4 heteroatoms. The summed E-state index contributed by atoms with van der Waals surface area (Å²) in [6, 6.07) is 0.444. The normalized spacial score (nSPS) is 12.9. The molecule has 0 amide bonds. The lowest BCUT2D eigenvalue weighted by Crippen LogP contribution is -2.32. The van der Waals surface area contributed by atoms with Gasteiger partial charge < -0.3 is 10.1 Å². The number of hydrogen-bond donors (Lipinski definition) is 1. The first kappa shape index (κ1) is 14.2. The highest BCUT2D eigenvalue weighted by atomic mass is 16.5. The zero-order valence-corrected chi connectivity index (χ0v) is 11.3. The molecule has 0 saturated carbocycles. The minimum absolute atomic E-state index is 0.444. The summed E-state index contributed by atoms with van der Waals surface area (Å²) in [5, 5.41) is 7.84. The smallest absolute Gasteiger partial charge is 0.0615 e. The van der Waals surface area contributed by atoms with Gasteiger partial charge in [0.1, 0.15) is 0 Å². The van der Waals surface area contributed by atoms with Crippen LogP contribution in [-0.4, -0.2) is 29.5 Å². The fraction of sp³-hybridized carbons (Fsp3) is 0.769. The monoisotopic (exact) mass is 239 g/mol. The second kappa shape index (κ2) is 8.25. The van der Waals surface area contributed by atoms with Gasteiger partial charge in [-0.25, -0.2) is 0 Å². The third-order valence-corrected chi connectivity index (χ3v) is 2.74. The predicted molar refractivity (Wildman–Crippen MR) is 69.9 cm³/mol. The van der Waals surface area contributed by atoms with Gasteiger partial charge in [0.25, 0.3) is 0 Å². The zero-order valence-electron chi connectivity index (χ0n) is 11.3. The summed E-state index contributed by atoms with van der Waals surface area (Å²) < 4.78 is 7.21. The molecule has 17 heavy (non-hydrogen) atoms. The summed E-state index contributed by atoms with van der Waals surface area (Å²) in [5.74, 6) is 0. The first-order chi connectivity index (χ1) is 8.30. The van der Waals surface area contributed by atoms with Gasteiger partial charge in [0.15, 0.2) is 0 Å². The highest BCUT2D eigenvalue weighted by Crippen LogP contribution is 2.02. The Bertz CT molecular complexity index is 293. The van der Waals surface area contributed by atoms with E-state index >= 15 is 0 Å². The van der Waals surface area contributed by atoms with Gasteiger partial charge in [0.05, 0.1) is 12.8 Å². The number of nitrogens with zero attached hydrogens (tertiary/aromatic N) is 2. The molecule has 1 atom stereocenters. The van der Waals surface area contributed by atoms with E-state index in [0.29, 0.717) is 6.04 Å². The molecule has 98 valence electrons. The van der Waals surface area contributed by atoms with E-state index in [1.165, 1.54) is 12.0 Å². The molecule has 0 bridgehead atoms. The molecular formula is C13H25N3O. The number of ether oxygens (including phenoxy) is 1. The van der Waals surface area contributed by atoms with Gasteiger partial charge in [-0.15, -0.1) is 0 Å². The zero-order chi connectivity index (χ0) is 12.5. The number of methoxy groups -OCH3 is 1. The first-order valence-electron chi connectivity index (χ1n) is 6.53. The summed E-state index contributed by atoms with van der Waals surface area (Å²) in [6.45, 7) is 7.00. The lowest BCUT2D eigenvalue weighted by molar-refractivity contribution is 0.161. The molecule has 1 aromatic heterocycles. The molecule has 0 aliphatic heterocycles. The van der Waals surface area contributed by atoms with Crippen molar-refractivity contribution >= 4 is 0 Å². The van der Waals surface area contributed by atoms with Gasteiger partial charge in [-0.2, -0.15) is 5.10 Å². The van der Waals surface area contributed by atoms with Crippen molar-refractivity contribution in [3.63, 3.8) is 0 Å². The maximum atomic E-state index is 5.21. The standard InChI is InChI=1S/C13H25N3O/c1-4-6-13(11-17-3)14-8-12-9-15-16(10-12)7-5-2/h9-10,13-14H,4-8,11H2,1-3H3. The van der Waals surface area contributed by atoms with Crippen LogP contribution in [-0.2, 0) is 17.8 Å². The number of rotatable bonds is 9. The van der Waals surface area contributed by atoms with Crippen LogP contribution in [0, 0.1) is 0 Å². The van der Waals surface area contributed by atoms with Gasteiger partial charge in [-0.1, -0.05) is 20.3 Å². The van der Waals surface area contributed by atoms with Crippen LogP contribution in [0.5, 0.6) is 0 Å². The lowest BCUT2D eigenvalue weighted by Gasteiger charge is -2.16. The Kier molecular flexibility index (Phi) is 6.89. The van der Waals surface area contributed by atoms with Crippen molar-refractivity contribution < 1.29 is 4.74 Å². The SMILES string of the molecule is CCCC(COC)NCc1cnn(CCC)c1. The Labute approximate surface area is 104 Å². The molecule has 1 aromatic rings. The minimum Gasteiger partial charge on any atom is -0.383 e. The fourth-order valence-corrected chi connectivity index (χ4v) is 1.91. The second-order valence-electron chi connectivity index (χ2n) is 4.43. The van der Waals surface area contributed by atoms with Crippen molar-refractivity contribution in [3.8, 4) is 0 Å². The van der Waals surface area contributed by atoms with Crippen molar-refractivity contribution in [3.05, 3.63) is 18.0 Å². The predicted octanol–water partition coefficient (Wildman–Crippen LogP) is 2.20. The molecular weight excluding hydrogens is 214 g/mol. The lowest BCUT2D eigenvalue weighted by atomic mass is 10.2. The van der Waals surface area contributed by atoms with Crippen molar-refractivity contribution in [2.75, 3.05) is 13.7 Å². The van der Waals surface area contributed by atoms with Crippen LogP contribution in [0.2, 0.25) is 0 Å². The molecule has 0 fully saturated rings. The molecule has 1 heterocycles. The molecule has 1 N–H and O–H groups in total. The van der Waals surface area contributed by atoms with Gasteiger partial charge in [0, 0.05) is 38.0 Å². The van der Waals surface area contributed by atoms with Crippen molar-refractivity contribution in [2.24, 2.45) is 0 Å². The van der Waals surface area contributed by atoms with Crippen molar-refractivity contribution in [1.29, 1.82) is 0 Å². The van der Waals surface area contributed by atoms with E-state index in [2.05, 4.69) is 30.5 Å². The third kappa shape index (κ3) is 5.33. The maximum Gasteiger partial charge on any atom is 0.0615 e. The van der Waals surface area contributed by atoms with Crippen LogP contribution in [0.25, 0.3) is 0 Å².